The number of hydrogen-bond donors (Lipinski definition) is 1. The monoisotopic (exact) mass is 370 g/mol. The molecule has 0 unspecified atom stereocenters. The van der Waals surface area contributed by atoms with E-state index >= 15 is 0 Å². The third-order valence-electron chi connectivity index (χ3n) is 5.09. The van der Waals surface area contributed by atoms with Gasteiger partial charge in [0.1, 0.15) is 11.2 Å². The van der Waals surface area contributed by atoms with Gasteiger partial charge in [0.05, 0.1) is 17.1 Å². The van der Waals surface area contributed by atoms with E-state index in [0.717, 1.165) is 28.4 Å². The zero-order chi connectivity index (χ0) is 19.8. The summed E-state index contributed by atoms with van der Waals surface area (Å²) < 4.78 is 5.20. The number of carbonyl (C=O) groups is 2. The highest BCUT2D eigenvalue weighted by atomic mass is 16.3. The third-order valence-corrected chi connectivity index (χ3v) is 5.09. The van der Waals surface area contributed by atoms with Crippen molar-refractivity contribution in [2.24, 2.45) is 5.41 Å². The average molecular weight is 370 g/mol. The minimum absolute atomic E-state index is 0.173. The van der Waals surface area contributed by atoms with Crippen molar-refractivity contribution < 1.29 is 14.0 Å². The molecule has 144 valence electrons. The van der Waals surface area contributed by atoms with Crippen molar-refractivity contribution in [2.75, 3.05) is 23.4 Å². The minimum Gasteiger partial charge on any atom is -0.448 e. The van der Waals surface area contributed by atoms with Gasteiger partial charge in [0, 0.05) is 26.7 Å². The molecule has 2 amide bonds. The van der Waals surface area contributed by atoms with Gasteiger partial charge in [0.15, 0.2) is 6.39 Å². The van der Waals surface area contributed by atoms with Gasteiger partial charge in [-0.3, -0.25) is 9.59 Å². The van der Waals surface area contributed by atoms with Crippen LogP contribution in [0.1, 0.15) is 37.8 Å². The summed E-state index contributed by atoms with van der Waals surface area (Å²) >= 11 is 0. The van der Waals surface area contributed by atoms with Crippen LogP contribution in [0.15, 0.2) is 29.0 Å². The smallest absolute Gasteiger partial charge is 0.242 e. The molecule has 2 heterocycles. The number of nitrogens with one attached hydrogen (secondary N) is 1. The quantitative estimate of drug-likeness (QED) is 0.819. The molecule has 2 aromatic rings. The molecular formula is C20H26N4O3. The second kappa shape index (κ2) is 7.15. The molecule has 3 rings (SSSR count). The Morgan fingerprint density at radius 1 is 1.15 bits per heavy atom. The molecule has 7 nitrogen and oxygen atoms in total. The Bertz CT molecular complexity index is 872. The van der Waals surface area contributed by atoms with E-state index in [9.17, 15) is 9.59 Å². The van der Waals surface area contributed by atoms with Gasteiger partial charge in [-0.15, -0.1) is 0 Å². The first kappa shape index (κ1) is 19.1. The lowest BCUT2D eigenvalue weighted by Crippen LogP contribution is -2.47. The number of aromatic nitrogens is 1. The molecule has 1 aliphatic heterocycles. The van der Waals surface area contributed by atoms with Gasteiger partial charge < -0.3 is 19.5 Å². The summed E-state index contributed by atoms with van der Waals surface area (Å²) in [6.45, 7) is 8.90. The first-order valence-electron chi connectivity index (χ1n) is 9.10. The number of amides is 2. The lowest BCUT2D eigenvalue weighted by atomic mass is 9.90. The Hall–Kier alpha value is -2.67. The van der Waals surface area contributed by atoms with E-state index in [1.54, 1.807) is 30.7 Å². The maximum absolute atomic E-state index is 12.9. The number of oxazole rings is 1. The maximum Gasteiger partial charge on any atom is 0.242 e. The summed E-state index contributed by atoms with van der Waals surface area (Å²) in [5.74, 6) is 0.426. The second-order valence-corrected chi connectivity index (χ2v) is 7.32. The largest absolute Gasteiger partial charge is 0.448 e. The molecule has 0 saturated heterocycles. The fourth-order valence-corrected chi connectivity index (χ4v) is 3.38. The van der Waals surface area contributed by atoms with Gasteiger partial charge in [0.2, 0.25) is 11.8 Å². The van der Waals surface area contributed by atoms with Crippen molar-refractivity contribution in [1.82, 2.24) is 10.3 Å². The predicted octanol–water partition coefficient (Wildman–Crippen LogP) is 2.63. The second-order valence-electron chi connectivity index (χ2n) is 7.32. The molecule has 1 aromatic heterocycles. The van der Waals surface area contributed by atoms with Gasteiger partial charge >= 0.3 is 0 Å². The number of rotatable bonds is 5. The van der Waals surface area contributed by atoms with E-state index in [4.69, 9.17) is 4.42 Å². The Labute approximate surface area is 159 Å². The molecule has 0 bridgehead atoms. The Kier molecular flexibility index (Phi) is 5.06. The topological polar surface area (TPSA) is 78.7 Å². The van der Waals surface area contributed by atoms with Crippen molar-refractivity contribution in [1.29, 1.82) is 0 Å². The Morgan fingerprint density at radius 3 is 2.52 bits per heavy atom. The molecule has 0 atom stereocenters. The molecule has 7 heteroatoms. The third kappa shape index (κ3) is 3.35. The summed E-state index contributed by atoms with van der Waals surface area (Å²) in [6.07, 6.45) is 1.44. The normalized spacial score (nSPS) is 16.5. The minimum atomic E-state index is -1.09. The summed E-state index contributed by atoms with van der Waals surface area (Å²) in [7, 11) is 1.73. The summed E-state index contributed by atoms with van der Waals surface area (Å²) in [4.78, 5) is 33.2. The summed E-state index contributed by atoms with van der Waals surface area (Å²) in [5.41, 5.74) is 2.32. The molecule has 0 aliphatic carbocycles. The highest BCUT2D eigenvalue weighted by molar-refractivity contribution is 6.19. The highest BCUT2D eigenvalue weighted by Crippen LogP contribution is 2.38. The molecule has 0 saturated carbocycles. The molecule has 1 aliphatic rings. The van der Waals surface area contributed by atoms with Crippen LogP contribution < -0.4 is 15.1 Å². The van der Waals surface area contributed by atoms with Gasteiger partial charge in [-0.2, -0.15) is 0 Å². The fourth-order valence-electron chi connectivity index (χ4n) is 3.38. The Balaban J connectivity index is 1.86. The van der Waals surface area contributed by atoms with Crippen molar-refractivity contribution in [3.8, 4) is 0 Å². The van der Waals surface area contributed by atoms with Crippen LogP contribution >= 0.6 is 0 Å². The van der Waals surface area contributed by atoms with Crippen LogP contribution in [0.2, 0.25) is 0 Å². The standard InChI is InChI=1S/C20H26N4O3/c1-6-24-16-8-7-14(10-21-11-15-13(2)27-12-22-15)9-17(16)23(5)18(25)20(3,4)19(24)26/h7-9,12,21H,6,10-11H2,1-5H3. The zero-order valence-electron chi connectivity index (χ0n) is 16.5. The molecule has 0 fully saturated rings. The summed E-state index contributed by atoms with van der Waals surface area (Å²) in [6, 6.07) is 5.86. The fraction of sp³-hybridized carbons (Fsp3) is 0.450. The van der Waals surface area contributed by atoms with Crippen molar-refractivity contribution in [2.45, 2.75) is 40.8 Å². The molecular weight excluding hydrogens is 344 g/mol. The number of benzene rings is 1. The molecule has 0 spiro atoms. The molecule has 0 radical (unpaired) electrons. The van der Waals surface area contributed by atoms with Crippen LogP contribution in [0.25, 0.3) is 0 Å². The van der Waals surface area contributed by atoms with Crippen LogP contribution in [0, 0.1) is 12.3 Å². The van der Waals surface area contributed by atoms with Gasteiger partial charge in [-0.05, 0) is 45.4 Å². The number of carbonyl (C=O) groups excluding carboxylic acids is 2. The van der Waals surface area contributed by atoms with Crippen molar-refractivity contribution in [3.05, 3.63) is 41.6 Å². The highest BCUT2D eigenvalue weighted by Gasteiger charge is 2.45. The first-order chi connectivity index (χ1) is 12.8. The van der Waals surface area contributed by atoms with Crippen molar-refractivity contribution >= 4 is 23.2 Å². The number of fused-ring (bicyclic) bond motifs is 1. The lowest BCUT2D eigenvalue weighted by Gasteiger charge is -2.27. The van der Waals surface area contributed by atoms with E-state index in [1.807, 2.05) is 32.0 Å². The van der Waals surface area contributed by atoms with Gasteiger partial charge in [0.25, 0.3) is 0 Å². The number of anilines is 2. The van der Waals surface area contributed by atoms with Gasteiger partial charge in [-0.1, -0.05) is 6.07 Å². The van der Waals surface area contributed by atoms with E-state index in [2.05, 4.69) is 10.3 Å². The predicted molar refractivity (Wildman–Crippen MR) is 103 cm³/mol. The van der Waals surface area contributed by atoms with E-state index in [0.29, 0.717) is 19.6 Å². The first-order valence-corrected chi connectivity index (χ1v) is 9.10. The zero-order valence-corrected chi connectivity index (χ0v) is 16.5. The van der Waals surface area contributed by atoms with E-state index in [-0.39, 0.29) is 11.8 Å². The van der Waals surface area contributed by atoms with E-state index < -0.39 is 5.41 Å². The summed E-state index contributed by atoms with van der Waals surface area (Å²) in [5, 5.41) is 3.34. The molecule has 1 N–H and O–H groups in total. The van der Waals surface area contributed by atoms with E-state index in [1.165, 1.54) is 6.39 Å². The van der Waals surface area contributed by atoms with Crippen molar-refractivity contribution in [3.63, 3.8) is 0 Å². The van der Waals surface area contributed by atoms with Gasteiger partial charge in [-0.25, -0.2) is 4.98 Å². The van der Waals surface area contributed by atoms with Crippen LogP contribution in [-0.4, -0.2) is 30.4 Å². The van der Waals surface area contributed by atoms with Crippen LogP contribution in [0.5, 0.6) is 0 Å². The number of hydrogen-bond acceptors (Lipinski definition) is 5. The molecule has 27 heavy (non-hydrogen) atoms. The number of nitrogens with zero attached hydrogens (tertiary/aromatic N) is 3. The van der Waals surface area contributed by atoms with Crippen LogP contribution in [-0.2, 0) is 22.7 Å². The lowest BCUT2D eigenvalue weighted by molar-refractivity contribution is -0.137. The van der Waals surface area contributed by atoms with Crippen LogP contribution in [0.4, 0.5) is 11.4 Å². The SMILES string of the molecule is CCN1C(=O)C(C)(C)C(=O)N(C)c2cc(CNCc3ncoc3C)ccc21. The average Bonchev–Trinajstić information content (AvgIpc) is 3.04. The molecule has 1 aromatic carbocycles. The maximum atomic E-state index is 12.9. The van der Waals surface area contributed by atoms with Crippen LogP contribution in [0.3, 0.4) is 0 Å². The number of aryl methyl sites for hydroxylation is 1. The Morgan fingerprint density at radius 2 is 1.89 bits per heavy atom.